The fraction of sp³-hybridized carbons (Fsp3) is 0.778. The van der Waals surface area contributed by atoms with Crippen molar-refractivity contribution in [3.63, 3.8) is 0 Å². The minimum atomic E-state index is -0.266. The predicted molar refractivity (Wildman–Crippen MR) is 51.7 cm³/mol. The lowest BCUT2D eigenvalue weighted by atomic mass is 9.94. The second-order valence-corrected chi connectivity index (χ2v) is 3.74. The number of aromatic nitrogens is 2. The second kappa shape index (κ2) is 4.52. The van der Waals surface area contributed by atoms with Gasteiger partial charge in [0, 0.05) is 13.2 Å². The maximum atomic E-state index is 5.59. The van der Waals surface area contributed by atoms with Crippen molar-refractivity contribution in [2.45, 2.75) is 32.8 Å². The first-order valence-electron chi connectivity index (χ1n) is 4.71. The molecule has 0 saturated carbocycles. The topological polar surface area (TPSA) is 74.2 Å². The van der Waals surface area contributed by atoms with Crippen LogP contribution >= 0.6 is 0 Å². The molecule has 1 heterocycles. The molecule has 1 aromatic heterocycles. The maximum absolute atomic E-state index is 5.59. The van der Waals surface area contributed by atoms with Gasteiger partial charge >= 0.3 is 0 Å². The third-order valence-electron chi connectivity index (χ3n) is 1.99. The molecule has 0 radical (unpaired) electrons. The van der Waals surface area contributed by atoms with E-state index < -0.39 is 0 Å². The Morgan fingerprint density at radius 3 is 2.79 bits per heavy atom. The first-order valence-corrected chi connectivity index (χ1v) is 4.71. The molecule has 0 unspecified atom stereocenters. The minimum Gasteiger partial charge on any atom is -0.374 e. The van der Waals surface area contributed by atoms with Crippen LogP contribution in [0.4, 0.5) is 0 Å². The highest BCUT2D eigenvalue weighted by atomic mass is 16.5. The second-order valence-electron chi connectivity index (χ2n) is 3.74. The van der Waals surface area contributed by atoms with Gasteiger partial charge < -0.3 is 15.0 Å². The van der Waals surface area contributed by atoms with Gasteiger partial charge in [0.15, 0.2) is 5.82 Å². The van der Waals surface area contributed by atoms with E-state index in [0.29, 0.717) is 31.5 Å². The molecule has 0 aromatic carbocycles. The molecule has 14 heavy (non-hydrogen) atoms. The molecule has 0 bridgehead atoms. The van der Waals surface area contributed by atoms with Crippen LogP contribution in [0.1, 0.15) is 32.5 Å². The van der Waals surface area contributed by atoms with Gasteiger partial charge in [-0.15, -0.1) is 0 Å². The van der Waals surface area contributed by atoms with Crippen molar-refractivity contribution in [3.05, 3.63) is 11.7 Å². The van der Waals surface area contributed by atoms with Crippen LogP contribution in [0.15, 0.2) is 4.52 Å². The largest absolute Gasteiger partial charge is 0.374 e. The van der Waals surface area contributed by atoms with Gasteiger partial charge in [-0.05, 0) is 20.8 Å². The smallest absolute Gasteiger partial charge is 0.233 e. The lowest BCUT2D eigenvalue weighted by Gasteiger charge is -2.15. The lowest BCUT2D eigenvalue weighted by molar-refractivity contribution is 0.126. The summed E-state index contributed by atoms with van der Waals surface area (Å²) in [6, 6.07) is 0. The summed E-state index contributed by atoms with van der Waals surface area (Å²) in [4.78, 5) is 4.21. The zero-order valence-corrected chi connectivity index (χ0v) is 8.91. The summed E-state index contributed by atoms with van der Waals surface area (Å²) in [5.74, 6) is 1.14. The average Bonchev–Trinajstić information content (AvgIpc) is 2.63. The van der Waals surface area contributed by atoms with Crippen LogP contribution in [0.3, 0.4) is 0 Å². The fourth-order valence-corrected chi connectivity index (χ4v) is 0.868. The highest BCUT2D eigenvalue weighted by Gasteiger charge is 2.25. The van der Waals surface area contributed by atoms with Gasteiger partial charge in [0.1, 0.15) is 6.61 Å². The van der Waals surface area contributed by atoms with E-state index in [1.165, 1.54) is 0 Å². The van der Waals surface area contributed by atoms with Gasteiger partial charge in [0.05, 0.1) is 5.41 Å². The van der Waals surface area contributed by atoms with E-state index in [2.05, 4.69) is 10.1 Å². The fourth-order valence-electron chi connectivity index (χ4n) is 0.868. The van der Waals surface area contributed by atoms with E-state index in [1.54, 1.807) is 0 Å². The molecule has 2 N–H and O–H groups in total. The molecule has 0 atom stereocenters. The van der Waals surface area contributed by atoms with Crippen molar-refractivity contribution in [1.82, 2.24) is 10.1 Å². The number of ether oxygens (including phenoxy) is 1. The molecule has 0 saturated heterocycles. The molecule has 80 valence electrons. The number of hydrogen-bond donors (Lipinski definition) is 1. The minimum absolute atomic E-state index is 0.266. The molecule has 0 spiro atoms. The summed E-state index contributed by atoms with van der Waals surface area (Å²) in [5.41, 5.74) is 5.32. The Labute approximate surface area is 83.6 Å². The third kappa shape index (κ3) is 2.52. The molecule has 5 nitrogen and oxygen atoms in total. The van der Waals surface area contributed by atoms with Crippen LogP contribution in [0.5, 0.6) is 0 Å². The molecule has 1 rings (SSSR count). The van der Waals surface area contributed by atoms with E-state index in [0.717, 1.165) is 0 Å². The summed E-state index contributed by atoms with van der Waals surface area (Å²) in [6.45, 7) is 7.36. The van der Waals surface area contributed by atoms with Gasteiger partial charge in [-0.1, -0.05) is 5.16 Å². The zero-order valence-electron chi connectivity index (χ0n) is 8.91. The Balaban J connectivity index is 2.67. The van der Waals surface area contributed by atoms with Crippen molar-refractivity contribution in [1.29, 1.82) is 0 Å². The molecule has 5 heteroatoms. The van der Waals surface area contributed by atoms with Crippen LogP contribution < -0.4 is 5.73 Å². The van der Waals surface area contributed by atoms with E-state index in [-0.39, 0.29) is 5.41 Å². The monoisotopic (exact) mass is 199 g/mol. The molecule has 0 aliphatic carbocycles. The van der Waals surface area contributed by atoms with Crippen molar-refractivity contribution < 1.29 is 9.26 Å². The van der Waals surface area contributed by atoms with E-state index in [1.807, 2.05) is 20.8 Å². The van der Waals surface area contributed by atoms with E-state index in [9.17, 15) is 0 Å². The Morgan fingerprint density at radius 1 is 1.50 bits per heavy atom. The van der Waals surface area contributed by atoms with Gasteiger partial charge in [-0.2, -0.15) is 4.98 Å². The molecular weight excluding hydrogens is 182 g/mol. The molecule has 0 amide bonds. The highest BCUT2D eigenvalue weighted by molar-refractivity contribution is 5.01. The van der Waals surface area contributed by atoms with Crippen molar-refractivity contribution >= 4 is 0 Å². The van der Waals surface area contributed by atoms with Crippen LogP contribution in [0.2, 0.25) is 0 Å². The van der Waals surface area contributed by atoms with Crippen LogP contribution in [0.25, 0.3) is 0 Å². The highest BCUT2D eigenvalue weighted by Crippen LogP contribution is 2.19. The van der Waals surface area contributed by atoms with E-state index >= 15 is 0 Å². The number of rotatable bonds is 5. The Morgan fingerprint density at radius 2 is 2.21 bits per heavy atom. The normalized spacial score (nSPS) is 12.0. The van der Waals surface area contributed by atoms with Gasteiger partial charge in [0.2, 0.25) is 5.89 Å². The van der Waals surface area contributed by atoms with Crippen molar-refractivity contribution in [3.8, 4) is 0 Å². The quantitative estimate of drug-likeness (QED) is 0.760. The number of nitrogens with two attached hydrogens (primary N) is 1. The first-order chi connectivity index (χ1) is 6.60. The summed E-state index contributed by atoms with van der Waals surface area (Å²) >= 11 is 0. The average molecular weight is 199 g/mol. The predicted octanol–water partition coefficient (Wildman–Crippen LogP) is 0.842. The molecule has 0 aliphatic heterocycles. The van der Waals surface area contributed by atoms with Gasteiger partial charge in [-0.25, -0.2) is 0 Å². The SMILES string of the molecule is CCOCc1noc(C(C)(C)CN)n1. The Bertz CT molecular complexity index is 283. The number of hydrogen-bond acceptors (Lipinski definition) is 5. The van der Waals surface area contributed by atoms with Crippen LogP contribution in [0, 0.1) is 0 Å². The standard InChI is InChI=1S/C9H17N3O2/c1-4-13-5-7-11-8(14-12-7)9(2,3)6-10/h4-6,10H2,1-3H3. The lowest BCUT2D eigenvalue weighted by Crippen LogP contribution is -2.28. The molecule has 1 aromatic rings. The van der Waals surface area contributed by atoms with Gasteiger partial charge in [0.25, 0.3) is 0 Å². The first kappa shape index (κ1) is 11.1. The van der Waals surface area contributed by atoms with Crippen molar-refractivity contribution in [2.24, 2.45) is 5.73 Å². The summed E-state index contributed by atoms with van der Waals surface area (Å²) in [6.07, 6.45) is 0. The summed E-state index contributed by atoms with van der Waals surface area (Å²) in [5, 5.41) is 3.80. The third-order valence-corrected chi connectivity index (χ3v) is 1.99. The Kier molecular flexibility index (Phi) is 3.60. The summed E-state index contributed by atoms with van der Waals surface area (Å²) < 4.78 is 10.3. The zero-order chi connectivity index (χ0) is 10.6. The summed E-state index contributed by atoms with van der Waals surface area (Å²) in [7, 11) is 0. The molecule has 0 aliphatic rings. The van der Waals surface area contributed by atoms with Crippen LogP contribution in [-0.4, -0.2) is 23.3 Å². The van der Waals surface area contributed by atoms with E-state index in [4.69, 9.17) is 15.0 Å². The van der Waals surface area contributed by atoms with Crippen LogP contribution in [-0.2, 0) is 16.8 Å². The Hall–Kier alpha value is -0.940. The number of nitrogens with zero attached hydrogens (tertiary/aromatic N) is 2. The molecular formula is C9H17N3O2. The van der Waals surface area contributed by atoms with Gasteiger partial charge in [-0.3, -0.25) is 0 Å². The molecule has 0 fully saturated rings. The maximum Gasteiger partial charge on any atom is 0.233 e. The van der Waals surface area contributed by atoms with Crippen molar-refractivity contribution in [2.75, 3.05) is 13.2 Å².